The molecule has 0 bridgehead atoms. The molecule has 2 N–H and O–H groups in total. The highest BCUT2D eigenvalue weighted by atomic mass is 32.2. The SMILES string of the molecule is C[C@@H](Sc1nnc(CCC(N)=O)n1C)c1ccc(F)cc1. The minimum Gasteiger partial charge on any atom is -0.370 e. The van der Waals surface area contributed by atoms with E-state index in [1.165, 1.54) is 23.9 Å². The number of nitrogens with zero attached hydrogens (tertiary/aromatic N) is 3. The quantitative estimate of drug-likeness (QED) is 0.830. The predicted octanol–water partition coefficient (Wildman–Crippen LogP) is 2.23. The van der Waals surface area contributed by atoms with Crippen molar-refractivity contribution in [2.75, 3.05) is 0 Å². The average Bonchev–Trinajstić information content (AvgIpc) is 2.78. The standard InChI is InChI=1S/C14H17FN4OS/c1-9(10-3-5-11(15)6-4-10)21-14-18-17-13(19(14)2)8-7-12(16)20/h3-6,9H,7-8H2,1-2H3,(H2,16,20)/t9-/m1/s1. The summed E-state index contributed by atoms with van der Waals surface area (Å²) in [6.07, 6.45) is 0.731. The number of hydrogen-bond acceptors (Lipinski definition) is 4. The van der Waals surface area contributed by atoms with Crippen molar-refractivity contribution in [1.82, 2.24) is 14.8 Å². The fraction of sp³-hybridized carbons (Fsp3) is 0.357. The molecule has 7 heteroatoms. The van der Waals surface area contributed by atoms with E-state index >= 15 is 0 Å². The fourth-order valence-electron chi connectivity index (χ4n) is 1.86. The van der Waals surface area contributed by atoms with Crippen LogP contribution in [0.25, 0.3) is 0 Å². The number of aryl methyl sites for hydroxylation is 1. The first kappa shape index (κ1) is 15.5. The number of thioether (sulfide) groups is 1. The Morgan fingerprint density at radius 3 is 2.67 bits per heavy atom. The number of halogens is 1. The lowest BCUT2D eigenvalue weighted by atomic mass is 10.2. The van der Waals surface area contributed by atoms with Gasteiger partial charge in [0.05, 0.1) is 0 Å². The van der Waals surface area contributed by atoms with E-state index in [2.05, 4.69) is 10.2 Å². The summed E-state index contributed by atoms with van der Waals surface area (Å²) in [5.74, 6) is 0.123. The van der Waals surface area contributed by atoms with E-state index in [-0.39, 0.29) is 23.4 Å². The third-order valence-electron chi connectivity index (χ3n) is 3.14. The largest absolute Gasteiger partial charge is 0.370 e. The summed E-state index contributed by atoms with van der Waals surface area (Å²) in [6, 6.07) is 6.41. The van der Waals surface area contributed by atoms with Crippen LogP contribution in [0.3, 0.4) is 0 Å². The van der Waals surface area contributed by atoms with Gasteiger partial charge < -0.3 is 10.3 Å². The summed E-state index contributed by atoms with van der Waals surface area (Å²) in [5, 5.41) is 9.08. The van der Waals surface area contributed by atoms with E-state index in [9.17, 15) is 9.18 Å². The van der Waals surface area contributed by atoms with Crippen LogP contribution < -0.4 is 5.73 Å². The lowest BCUT2D eigenvalue weighted by Crippen LogP contribution is -2.12. The third-order valence-corrected chi connectivity index (χ3v) is 4.33. The van der Waals surface area contributed by atoms with Crippen LogP contribution in [0.1, 0.15) is 30.0 Å². The zero-order valence-electron chi connectivity index (χ0n) is 11.9. The van der Waals surface area contributed by atoms with Gasteiger partial charge in [-0.25, -0.2) is 4.39 Å². The van der Waals surface area contributed by atoms with Crippen LogP contribution in [-0.4, -0.2) is 20.7 Å². The summed E-state index contributed by atoms with van der Waals surface area (Å²) >= 11 is 1.53. The Kier molecular flexibility index (Phi) is 4.95. The van der Waals surface area contributed by atoms with Crippen LogP contribution in [0, 0.1) is 5.82 Å². The molecule has 1 heterocycles. The first-order valence-electron chi connectivity index (χ1n) is 6.56. The maximum atomic E-state index is 12.9. The first-order chi connectivity index (χ1) is 9.97. The molecule has 0 spiro atoms. The smallest absolute Gasteiger partial charge is 0.217 e. The molecule has 0 radical (unpaired) electrons. The number of amides is 1. The molecule has 21 heavy (non-hydrogen) atoms. The molecule has 0 aliphatic rings. The zero-order valence-corrected chi connectivity index (χ0v) is 12.7. The van der Waals surface area contributed by atoms with Crippen LogP contribution in [0.15, 0.2) is 29.4 Å². The second kappa shape index (κ2) is 6.71. The van der Waals surface area contributed by atoms with Crippen molar-refractivity contribution in [2.45, 2.75) is 30.2 Å². The Morgan fingerprint density at radius 1 is 1.38 bits per heavy atom. The lowest BCUT2D eigenvalue weighted by molar-refractivity contribution is -0.118. The van der Waals surface area contributed by atoms with Gasteiger partial charge >= 0.3 is 0 Å². The van der Waals surface area contributed by atoms with E-state index in [0.29, 0.717) is 6.42 Å². The van der Waals surface area contributed by atoms with Gasteiger partial charge in [0.2, 0.25) is 5.91 Å². The average molecular weight is 308 g/mol. The van der Waals surface area contributed by atoms with Gasteiger partial charge in [0, 0.05) is 25.1 Å². The maximum absolute atomic E-state index is 12.9. The van der Waals surface area contributed by atoms with Crippen molar-refractivity contribution >= 4 is 17.7 Å². The minimum absolute atomic E-state index is 0.123. The molecule has 0 aliphatic carbocycles. The number of nitrogens with two attached hydrogens (primary N) is 1. The van der Waals surface area contributed by atoms with Crippen molar-refractivity contribution in [3.63, 3.8) is 0 Å². The highest BCUT2D eigenvalue weighted by Gasteiger charge is 2.14. The van der Waals surface area contributed by atoms with Crippen LogP contribution >= 0.6 is 11.8 Å². The molecule has 0 aliphatic heterocycles. The monoisotopic (exact) mass is 308 g/mol. The number of benzene rings is 1. The Morgan fingerprint density at radius 2 is 2.05 bits per heavy atom. The molecule has 0 saturated heterocycles. The lowest BCUT2D eigenvalue weighted by Gasteiger charge is -2.11. The van der Waals surface area contributed by atoms with Gasteiger partial charge in [-0.3, -0.25) is 4.79 Å². The highest BCUT2D eigenvalue weighted by Crippen LogP contribution is 2.33. The van der Waals surface area contributed by atoms with Gasteiger partial charge in [0.25, 0.3) is 0 Å². The zero-order chi connectivity index (χ0) is 15.4. The van der Waals surface area contributed by atoms with Crippen molar-refractivity contribution < 1.29 is 9.18 Å². The Bertz CT molecular complexity index is 626. The molecule has 0 fully saturated rings. The summed E-state index contributed by atoms with van der Waals surface area (Å²) in [4.78, 5) is 10.8. The number of primary amides is 1. The molecule has 0 unspecified atom stereocenters. The summed E-state index contributed by atoms with van der Waals surface area (Å²) in [6.45, 7) is 2.02. The second-order valence-electron chi connectivity index (χ2n) is 4.74. The molecular formula is C14H17FN4OS. The number of rotatable bonds is 6. The van der Waals surface area contributed by atoms with Crippen LogP contribution in [0.4, 0.5) is 4.39 Å². The van der Waals surface area contributed by atoms with Gasteiger partial charge in [-0.1, -0.05) is 23.9 Å². The Labute approximate surface area is 126 Å². The van der Waals surface area contributed by atoms with Gasteiger partial charge in [-0.2, -0.15) is 0 Å². The van der Waals surface area contributed by atoms with E-state index in [0.717, 1.165) is 16.5 Å². The van der Waals surface area contributed by atoms with Gasteiger partial charge in [0.15, 0.2) is 5.16 Å². The molecule has 1 atom stereocenters. The van der Waals surface area contributed by atoms with Gasteiger partial charge in [-0.05, 0) is 24.6 Å². The molecule has 5 nitrogen and oxygen atoms in total. The maximum Gasteiger partial charge on any atom is 0.217 e. The molecule has 1 aromatic carbocycles. The molecule has 2 rings (SSSR count). The molecule has 2 aromatic rings. The second-order valence-corrected chi connectivity index (χ2v) is 6.04. The van der Waals surface area contributed by atoms with E-state index in [1.807, 2.05) is 18.5 Å². The van der Waals surface area contributed by atoms with E-state index < -0.39 is 0 Å². The third kappa shape index (κ3) is 4.04. The van der Waals surface area contributed by atoms with Crippen molar-refractivity contribution in [1.29, 1.82) is 0 Å². The van der Waals surface area contributed by atoms with Crippen molar-refractivity contribution in [2.24, 2.45) is 12.8 Å². The van der Waals surface area contributed by atoms with Crippen LogP contribution in [-0.2, 0) is 18.3 Å². The number of hydrogen-bond donors (Lipinski definition) is 1. The Balaban J connectivity index is 2.05. The molecule has 112 valence electrons. The van der Waals surface area contributed by atoms with E-state index in [1.54, 1.807) is 12.1 Å². The summed E-state index contributed by atoms with van der Waals surface area (Å²) in [5.41, 5.74) is 6.15. The topological polar surface area (TPSA) is 73.8 Å². The highest BCUT2D eigenvalue weighted by molar-refractivity contribution is 7.99. The molecular weight excluding hydrogens is 291 g/mol. The van der Waals surface area contributed by atoms with Crippen LogP contribution in [0.2, 0.25) is 0 Å². The summed E-state index contributed by atoms with van der Waals surface area (Å²) < 4.78 is 14.8. The van der Waals surface area contributed by atoms with Crippen molar-refractivity contribution in [3.8, 4) is 0 Å². The van der Waals surface area contributed by atoms with E-state index in [4.69, 9.17) is 5.73 Å². The predicted molar refractivity (Wildman–Crippen MR) is 79.2 cm³/mol. The van der Waals surface area contributed by atoms with Gasteiger partial charge in [-0.15, -0.1) is 10.2 Å². The number of carbonyl (C=O) groups is 1. The van der Waals surface area contributed by atoms with Gasteiger partial charge in [0.1, 0.15) is 11.6 Å². The minimum atomic E-state index is -0.355. The molecule has 1 amide bonds. The first-order valence-corrected chi connectivity index (χ1v) is 7.44. The Hall–Kier alpha value is -1.89. The number of carbonyl (C=O) groups excluding carboxylic acids is 1. The summed E-state index contributed by atoms with van der Waals surface area (Å²) in [7, 11) is 1.86. The molecule has 0 saturated carbocycles. The van der Waals surface area contributed by atoms with Crippen molar-refractivity contribution in [3.05, 3.63) is 41.5 Å². The number of aromatic nitrogens is 3. The fourth-order valence-corrected chi connectivity index (χ4v) is 2.82. The van der Waals surface area contributed by atoms with Crippen LogP contribution in [0.5, 0.6) is 0 Å². The normalized spacial score (nSPS) is 12.3. The molecule has 1 aromatic heterocycles.